The van der Waals surface area contributed by atoms with Crippen molar-refractivity contribution in [2.24, 2.45) is 0 Å². The van der Waals surface area contributed by atoms with E-state index in [0.29, 0.717) is 0 Å². The summed E-state index contributed by atoms with van der Waals surface area (Å²) in [6.45, 7) is 4.61. The highest BCUT2D eigenvalue weighted by molar-refractivity contribution is 5.66. The molecule has 2 N–H and O–H groups in total. The van der Waals surface area contributed by atoms with E-state index in [1.54, 1.807) is 0 Å². The van der Waals surface area contributed by atoms with Crippen LogP contribution in [0.5, 0.6) is 0 Å². The van der Waals surface area contributed by atoms with Gasteiger partial charge in [-0.1, -0.05) is 0 Å². The Morgan fingerprint density at radius 1 is 1.50 bits per heavy atom. The third-order valence-corrected chi connectivity index (χ3v) is 2.27. The molecule has 0 saturated carbocycles. The molecule has 0 aromatic carbocycles. The number of rotatable bonds is 8. The van der Waals surface area contributed by atoms with Crippen molar-refractivity contribution in [3.63, 3.8) is 0 Å². The first-order chi connectivity index (χ1) is 7.68. The lowest BCUT2D eigenvalue weighted by molar-refractivity contribution is -0.137. The van der Waals surface area contributed by atoms with E-state index in [4.69, 9.17) is 5.11 Å². The van der Waals surface area contributed by atoms with Gasteiger partial charge in [0.25, 0.3) is 0 Å². The molecular formula is C11H19N3O2. The summed E-state index contributed by atoms with van der Waals surface area (Å²) in [4.78, 5) is 10.2. The molecule has 1 rings (SSSR count). The summed E-state index contributed by atoms with van der Waals surface area (Å²) in [5.41, 5.74) is 1.17. The van der Waals surface area contributed by atoms with Crippen LogP contribution in [-0.2, 0) is 11.3 Å². The average Bonchev–Trinajstić information content (AvgIpc) is 2.62. The van der Waals surface area contributed by atoms with Gasteiger partial charge in [0.05, 0.1) is 12.7 Å². The molecule has 0 atom stereocenters. The van der Waals surface area contributed by atoms with Gasteiger partial charge in [0.1, 0.15) is 0 Å². The number of aliphatic carboxylic acids is 1. The highest BCUT2D eigenvalue weighted by Crippen LogP contribution is 1.94. The second-order valence-corrected chi connectivity index (χ2v) is 3.88. The van der Waals surface area contributed by atoms with E-state index < -0.39 is 5.97 Å². The number of nitrogens with one attached hydrogen (secondary N) is 1. The number of carboxylic acids is 1. The average molecular weight is 225 g/mol. The number of aromatic nitrogens is 2. The Morgan fingerprint density at radius 2 is 2.31 bits per heavy atom. The maximum atomic E-state index is 10.2. The zero-order chi connectivity index (χ0) is 11.8. The Balaban J connectivity index is 1.94. The fourth-order valence-corrected chi connectivity index (χ4v) is 1.43. The lowest BCUT2D eigenvalue weighted by Gasteiger charge is -2.04. The number of unbranched alkanes of at least 4 members (excludes halogenated alkanes) is 1. The highest BCUT2D eigenvalue weighted by atomic mass is 16.4. The molecule has 0 fully saturated rings. The molecule has 0 spiro atoms. The van der Waals surface area contributed by atoms with Crippen molar-refractivity contribution in [1.82, 2.24) is 15.1 Å². The Labute approximate surface area is 95.5 Å². The first-order valence-corrected chi connectivity index (χ1v) is 5.60. The molecule has 0 bridgehead atoms. The fourth-order valence-electron chi connectivity index (χ4n) is 1.43. The van der Waals surface area contributed by atoms with Gasteiger partial charge >= 0.3 is 5.97 Å². The van der Waals surface area contributed by atoms with Gasteiger partial charge in [0.15, 0.2) is 0 Å². The zero-order valence-corrected chi connectivity index (χ0v) is 9.65. The molecule has 1 aromatic rings. The molecule has 16 heavy (non-hydrogen) atoms. The van der Waals surface area contributed by atoms with Crippen LogP contribution in [0.2, 0.25) is 0 Å². The summed E-state index contributed by atoms with van der Waals surface area (Å²) >= 11 is 0. The summed E-state index contributed by atoms with van der Waals surface area (Å²) in [5.74, 6) is -0.716. The summed E-state index contributed by atoms with van der Waals surface area (Å²) in [5, 5.41) is 15.9. The van der Waals surface area contributed by atoms with Crippen LogP contribution in [0.3, 0.4) is 0 Å². The number of hydrogen-bond acceptors (Lipinski definition) is 3. The van der Waals surface area contributed by atoms with Gasteiger partial charge in [0, 0.05) is 19.2 Å². The van der Waals surface area contributed by atoms with Crippen LogP contribution in [-0.4, -0.2) is 33.9 Å². The molecule has 5 heteroatoms. The lowest BCUT2D eigenvalue weighted by Crippen LogP contribution is -2.21. The standard InChI is InChI=1S/C11H19N3O2/c1-10-8-13-14(9-10)7-6-12-5-3-2-4-11(15)16/h8-9,12H,2-7H2,1H3,(H,15,16). The maximum absolute atomic E-state index is 10.2. The van der Waals surface area contributed by atoms with Crippen LogP contribution in [0.15, 0.2) is 12.4 Å². The number of hydrogen-bond donors (Lipinski definition) is 2. The van der Waals surface area contributed by atoms with Crippen molar-refractivity contribution in [2.75, 3.05) is 13.1 Å². The van der Waals surface area contributed by atoms with Gasteiger partial charge in [-0.15, -0.1) is 0 Å². The Bertz CT molecular complexity index is 323. The van der Waals surface area contributed by atoms with Crippen LogP contribution in [0.4, 0.5) is 0 Å². The minimum absolute atomic E-state index is 0.264. The van der Waals surface area contributed by atoms with Gasteiger partial charge in [-0.2, -0.15) is 5.10 Å². The van der Waals surface area contributed by atoms with Gasteiger partial charge in [-0.25, -0.2) is 0 Å². The SMILES string of the molecule is Cc1cnn(CCNCCCCC(=O)O)c1. The third kappa shape index (κ3) is 5.50. The molecule has 0 amide bonds. The van der Waals surface area contributed by atoms with E-state index in [0.717, 1.165) is 32.5 Å². The van der Waals surface area contributed by atoms with Crippen LogP contribution < -0.4 is 5.32 Å². The molecule has 0 aliphatic carbocycles. The summed E-state index contributed by atoms with van der Waals surface area (Å²) in [7, 11) is 0. The molecule has 0 aliphatic heterocycles. The van der Waals surface area contributed by atoms with E-state index in [1.807, 2.05) is 24.0 Å². The largest absolute Gasteiger partial charge is 0.481 e. The fraction of sp³-hybridized carbons (Fsp3) is 0.636. The van der Waals surface area contributed by atoms with E-state index in [2.05, 4.69) is 10.4 Å². The minimum Gasteiger partial charge on any atom is -0.481 e. The predicted octanol–water partition coefficient (Wildman–Crippen LogP) is 1.04. The van der Waals surface area contributed by atoms with Crippen LogP contribution in [0, 0.1) is 6.92 Å². The maximum Gasteiger partial charge on any atom is 0.303 e. The van der Waals surface area contributed by atoms with Gasteiger partial charge < -0.3 is 10.4 Å². The van der Waals surface area contributed by atoms with Crippen LogP contribution in [0.1, 0.15) is 24.8 Å². The van der Waals surface area contributed by atoms with Crippen molar-refractivity contribution in [1.29, 1.82) is 0 Å². The molecule has 0 aliphatic rings. The topological polar surface area (TPSA) is 67.2 Å². The van der Waals surface area contributed by atoms with E-state index in [-0.39, 0.29) is 6.42 Å². The lowest BCUT2D eigenvalue weighted by atomic mass is 10.2. The van der Waals surface area contributed by atoms with E-state index in [1.165, 1.54) is 5.56 Å². The second-order valence-electron chi connectivity index (χ2n) is 3.88. The van der Waals surface area contributed by atoms with Crippen molar-refractivity contribution in [2.45, 2.75) is 32.7 Å². The Hall–Kier alpha value is -1.36. The molecule has 0 radical (unpaired) electrons. The Kier molecular flexibility index (Phi) is 5.56. The first-order valence-electron chi connectivity index (χ1n) is 5.60. The van der Waals surface area contributed by atoms with E-state index in [9.17, 15) is 4.79 Å². The number of carboxylic acid groups (broad SMARTS) is 1. The molecule has 1 aromatic heterocycles. The minimum atomic E-state index is -0.716. The van der Waals surface area contributed by atoms with Crippen molar-refractivity contribution < 1.29 is 9.90 Å². The molecule has 1 heterocycles. The molecular weight excluding hydrogens is 206 g/mol. The van der Waals surface area contributed by atoms with Gasteiger partial charge in [-0.05, 0) is 31.9 Å². The number of carbonyl (C=O) groups is 1. The monoisotopic (exact) mass is 225 g/mol. The molecule has 90 valence electrons. The number of nitrogens with zero attached hydrogens (tertiary/aromatic N) is 2. The number of aryl methyl sites for hydroxylation is 1. The third-order valence-electron chi connectivity index (χ3n) is 2.27. The van der Waals surface area contributed by atoms with Gasteiger partial charge in [0.2, 0.25) is 0 Å². The van der Waals surface area contributed by atoms with Crippen molar-refractivity contribution >= 4 is 5.97 Å². The zero-order valence-electron chi connectivity index (χ0n) is 9.65. The first kappa shape index (κ1) is 12.7. The van der Waals surface area contributed by atoms with Gasteiger partial charge in [-0.3, -0.25) is 9.48 Å². The quantitative estimate of drug-likeness (QED) is 0.649. The molecule has 0 saturated heterocycles. The summed E-state index contributed by atoms with van der Waals surface area (Å²) in [6, 6.07) is 0. The molecule has 0 unspecified atom stereocenters. The predicted molar refractivity (Wildman–Crippen MR) is 61.3 cm³/mol. The summed E-state index contributed by atoms with van der Waals surface area (Å²) in [6.07, 6.45) is 5.76. The molecule has 5 nitrogen and oxygen atoms in total. The highest BCUT2D eigenvalue weighted by Gasteiger charge is 1.96. The van der Waals surface area contributed by atoms with Crippen LogP contribution >= 0.6 is 0 Å². The van der Waals surface area contributed by atoms with Crippen molar-refractivity contribution in [3.8, 4) is 0 Å². The van der Waals surface area contributed by atoms with Crippen LogP contribution in [0.25, 0.3) is 0 Å². The second kappa shape index (κ2) is 7.00. The normalized spacial score (nSPS) is 10.6. The van der Waals surface area contributed by atoms with Crippen molar-refractivity contribution in [3.05, 3.63) is 18.0 Å². The summed E-state index contributed by atoms with van der Waals surface area (Å²) < 4.78 is 1.90. The Morgan fingerprint density at radius 3 is 2.94 bits per heavy atom. The smallest absolute Gasteiger partial charge is 0.303 e. The van der Waals surface area contributed by atoms with E-state index >= 15 is 0 Å².